The molecule has 2 aliphatic rings. The summed E-state index contributed by atoms with van der Waals surface area (Å²) in [7, 11) is 1.68. The van der Waals surface area contributed by atoms with Crippen molar-refractivity contribution in [2.45, 2.75) is 31.7 Å². The molecule has 0 aromatic carbocycles. The molecule has 19 heavy (non-hydrogen) atoms. The minimum Gasteiger partial charge on any atom is -0.494 e. The Labute approximate surface area is 122 Å². The highest BCUT2D eigenvalue weighted by Crippen LogP contribution is 2.37. The molecular weight excluding hydrogens is 304 g/mol. The van der Waals surface area contributed by atoms with Crippen molar-refractivity contribution in [3.05, 3.63) is 28.5 Å². The lowest BCUT2D eigenvalue weighted by molar-refractivity contribution is 0.303. The third-order valence-corrected chi connectivity index (χ3v) is 4.78. The summed E-state index contributed by atoms with van der Waals surface area (Å²) in [5, 5.41) is 3.67. The van der Waals surface area contributed by atoms with Gasteiger partial charge in [-0.3, -0.25) is 0 Å². The molecule has 0 amide bonds. The lowest BCUT2D eigenvalue weighted by Gasteiger charge is -2.37. The number of fused-ring (bicyclic) bond motifs is 1. The van der Waals surface area contributed by atoms with Crippen LogP contribution in [0.1, 0.15) is 31.2 Å². The molecule has 1 aromatic heterocycles. The Hall–Kier alpha value is -0.870. The molecule has 0 bridgehead atoms. The fourth-order valence-corrected chi connectivity index (χ4v) is 3.61. The smallest absolute Gasteiger partial charge is 0.152 e. The van der Waals surface area contributed by atoms with Crippen molar-refractivity contribution in [2.75, 3.05) is 13.7 Å². The number of halogens is 1. The molecule has 0 unspecified atom stereocenters. The first-order valence-corrected chi connectivity index (χ1v) is 7.72. The number of nitrogens with zero attached hydrogens (tertiary/aromatic N) is 1. The van der Waals surface area contributed by atoms with Gasteiger partial charge in [0.15, 0.2) is 5.75 Å². The van der Waals surface area contributed by atoms with E-state index in [2.05, 4.69) is 38.4 Å². The molecule has 2 atom stereocenters. The second-order valence-electron chi connectivity index (χ2n) is 5.29. The molecule has 0 radical (unpaired) electrons. The first-order chi connectivity index (χ1) is 9.29. The van der Waals surface area contributed by atoms with Crippen LogP contribution in [0.4, 0.5) is 0 Å². The standard InChI is InChI=1S/C15H19BrN2O/c1-19-13-8-11(9-18-15(13)16)12-6-2-4-10-5-3-7-17-14(10)12/h6,8-10,14,17H,2-5,7H2,1H3/t10-,14+/m0/s1. The molecule has 1 aliphatic heterocycles. The van der Waals surface area contributed by atoms with E-state index in [1.54, 1.807) is 7.11 Å². The van der Waals surface area contributed by atoms with Crippen molar-refractivity contribution < 1.29 is 4.74 Å². The zero-order valence-electron chi connectivity index (χ0n) is 11.2. The van der Waals surface area contributed by atoms with Gasteiger partial charge in [-0.15, -0.1) is 0 Å². The number of methoxy groups -OCH3 is 1. The SMILES string of the molecule is COc1cc(C2=CCC[C@H]3CCCN[C@@H]23)cnc1Br. The molecule has 0 saturated carbocycles. The monoisotopic (exact) mass is 322 g/mol. The Morgan fingerprint density at radius 3 is 3.16 bits per heavy atom. The third kappa shape index (κ3) is 2.56. The minimum absolute atomic E-state index is 0.496. The van der Waals surface area contributed by atoms with Gasteiger partial charge in [-0.05, 0) is 65.7 Å². The third-order valence-electron chi connectivity index (χ3n) is 4.18. The molecule has 2 heterocycles. The zero-order chi connectivity index (χ0) is 13.2. The maximum absolute atomic E-state index is 5.36. The van der Waals surface area contributed by atoms with Crippen LogP contribution < -0.4 is 10.1 Å². The topological polar surface area (TPSA) is 34.1 Å². The molecule has 1 N–H and O–H groups in total. The fourth-order valence-electron chi connectivity index (χ4n) is 3.24. The van der Waals surface area contributed by atoms with Gasteiger partial charge in [-0.1, -0.05) is 6.08 Å². The Morgan fingerprint density at radius 1 is 1.42 bits per heavy atom. The van der Waals surface area contributed by atoms with Crippen LogP contribution in [0.2, 0.25) is 0 Å². The van der Waals surface area contributed by atoms with Gasteiger partial charge in [-0.2, -0.15) is 0 Å². The van der Waals surface area contributed by atoms with Gasteiger partial charge in [0.05, 0.1) is 7.11 Å². The number of nitrogens with one attached hydrogen (secondary N) is 1. The molecule has 3 rings (SSSR count). The molecule has 3 nitrogen and oxygen atoms in total. The van der Waals surface area contributed by atoms with E-state index in [0.717, 1.165) is 22.8 Å². The molecule has 0 spiro atoms. The van der Waals surface area contributed by atoms with Crippen molar-refractivity contribution >= 4 is 21.5 Å². The zero-order valence-corrected chi connectivity index (χ0v) is 12.7. The quantitative estimate of drug-likeness (QED) is 0.847. The lowest BCUT2D eigenvalue weighted by atomic mass is 9.77. The Balaban J connectivity index is 1.94. The highest BCUT2D eigenvalue weighted by atomic mass is 79.9. The van der Waals surface area contributed by atoms with E-state index >= 15 is 0 Å². The van der Waals surface area contributed by atoms with Crippen LogP contribution in [-0.2, 0) is 0 Å². The number of rotatable bonds is 2. The van der Waals surface area contributed by atoms with Crippen LogP contribution in [0.3, 0.4) is 0 Å². The number of hydrogen-bond donors (Lipinski definition) is 1. The Bertz CT molecular complexity index is 501. The molecule has 1 saturated heterocycles. The fraction of sp³-hybridized carbons (Fsp3) is 0.533. The van der Waals surface area contributed by atoms with Gasteiger partial charge in [0, 0.05) is 17.8 Å². The normalized spacial score (nSPS) is 26.5. The van der Waals surface area contributed by atoms with Crippen molar-refractivity contribution in [1.29, 1.82) is 0 Å². The van der Waals surface area contributed by atoms with E-state index in [1.165, 1.54) is 36.8 Å². The van der Waals surface area contributed by atoms with Crippen LogP contribution in [-0.4, -0.2) is 24.7 Å². The lowest BCUT2D eigenvalue weighted by Crippen LogP contribution is -2.43. The second kappa shape index (κ2) is 5.63. The van der Waals surface area contributed by atoms with Crippen LogP contribution in [0.15, 0.2) is 22.9 Å². The van der Waals surface area contributed by atoms with Gasteiger partial charge in [-0.25, -0.2) is 4.98 Å². The summed E-state index contributed by atoms with van der Waals surface area (Å²) in [5.74, 6) is 1.58. The van der Waals surface area contributed by atoms with Crippen LogP contribution in [0.5, 0.6) is 5.75 Å². The van der Waals surface area contributed by atoms with Crippen molar-refractivity contribution in [3.63, 3.8) is 0 Å². The number of hydrogen-bond acceptors (Lipinski definition) is 3. The average molecular weight is 323 g/mol. The van der Waals surface area contributed by atoms with Gasteiger partial charge in [0.2, 0.25) is 0 Å². The van der Waals surface area contributed by atoms with E-state index in [9.17, 15) is 0 Å². The van der Waals surface area contributed by atoms with E-state index in [1.807, 2.05) is 6.20 Å². The van der Waals surface area contributed by atoms with Gasteiger partial charge < -0.3 is 10.1 Å². The van der Waals surface area contributed by atoms with Crippen LogP contribution in [0.25, 0.3) is 5.57 Å². The predicted octanol–water partition coefficient (Wildman–Crippen LogP) is 3.40. The summed E-state index contributed by atoms with van der Waals surface area (Å²) < 4.78 is 6.12. The highest BCUT2D eigenvalue weighted by Gasteiger charge is 2.30. The first-order valence-electron chi connectivity index (χ1n) is 6.93. The summed E-state index contributed by atoms with van der Waals surface area (Å²) in [6.45, 7) is 1.12. The second-order valence-corrected chi connectivity index (χ2v) is 6.04. The Morgan fingerprint density at radius 2 is 2.32 bits per heavy atom. The predicted molar refractivity (Wildman–Crippen MR) is 80.2 cm³/mol. The van der Waals surface area contributed by atoms with Crippen LogP contribution in [0, 0.1) is 5.92 Å². The summed E-state index contributed by atoms with van der Waals surface area (Å²) in [5.41, 5.74) is 2.58. The number of pyridine rings is 1. The van der Waals surface area contributed by atoms with E-state index < -0.39 is 0 Å². The molecule has 1 fully saturated rings. The summed E-state index contributed by atoms with van der Waals surface area (Å²) in [6, 6.07) is 2.58. The maximum Gasteiger partial charge on any atom is 0.152 e. The van der Waals surface area contributed by atoms with E-state index in [-0.39, 0.29) is 0 Å². The van der Waals surface area contributed by atoms with E-state index in [0.29, 0.717) is 6.04 Å². The number of piperidine rings is 1. The Kier molecular flexibility index (Phi) is 3.89. The summed E-state index contributed by atoms with van der Waals surface area (Å²) >= 11 is 3.41. The number of ether oxygens (including phenoxy) is 1. The molecule has 1 aliphatic carbocycles. The van der Waals surface area contributed by atoms with Gasteiger partial charge in [0.1, 0.15) is 4.60 Å². The molecule has 102 valence electrons. The van der Waals surface area contributed by atoms with Crippen LogP contribution >= 0.6 is 15.9 Å². The maximum atomic E-state index is 5.36. The molecule has 1 aromatic rings. The van der Waals surface area contributed by atoms with E-state index in [4.69, 9.17) is 4.74 Å². The van der Waals surface area contributed by atoms with Crippen molar-refractivity contribution in [3.8, 4) is 5.75 Å². The van der Waals surface area contributed by atoms with Gasteiger partial charge >= 0.3 is 0 Å². The molecular formula is C15H19BrN2O. The van der Waals surface area contributed by atoms with Crippen molar-refractivity contribution in [1.82, 2.24) is 10.3 Å². The molecule has 4 heteroatoms. The van der Waals surface area contributed by atoms with Gasteiger partial charge in [0.25, 0.3) is 0 Å². The van der Waals surface area contributed by atoms with Crippen molar-refractivity contribution in [2.24, 2.45) is 5.92 Å². The largest absolute Gasteiger partial charge is 0.494 e. The summed E-state index contributed by atoms with van der Waals surface area (Å²) in [4.78, 5) is 4.39. The number of allylic oxidation sites excluding steroid dienone is 1. The highest BCUT2D eigenvalue weighted by molar-refractivity contribution is 9.10. The minimum atomic E-state index is 0.496. The average Bonchev–Trinajstić information content (AvgIpc) is 2.47. The number of aromatic nitrogens is 1. The summed E-state index contributed by atoms with van der Waals surface area (Å²) in [6.07, 6.45) is 9.44. The first kappa shape index (κ1) is 13.1.